The van der Waals surface area contributed by atoms with Gasteiger partial charge < -0.3 is 9.47 Å². The van der Waals surface area contributed by atoms with Gasteiger partial charge in [-0.25, -0.2) is 8.42 Å². The summed E-state index contributed by atoms with van der Waals surface area (Å²) in [6.07, 6.45) is 2.04. The molecule has 0 heterocycles. The summed E-state index contributed by atoms with van der Waals surface area (Å²) in [7, 11) is 4.96. The molecule has 4 nitrogen and oxygen atoms in total. The van der Waals surface area contributed by atoms with Crippen LogP contribution in [0.3, 0.4) is 0 Å². The summed E-state index contributed by atoms with van der Waals surface area (Å²) >= 11 is 0. The molecule has 0 spiro atoms. The molecule has 0 saturated carbocycles. The summed E-state index contributed by atoms with van der Waals surface area (Å²) in [4.78, 5) is 0. The highest BCUT2D eigenvalue weighted by Crippen LogP contribution is 2.25. The van der Waals surface area contributed by atoms with Crippen molar-refractivity contribution in [2.45, 2.75) is 19.3 Å². The Hall–Kier alpha value is -0.940. The van der Waals surface area contributed by atoms with Crippen LogP contribution in [-0.4, -0.2) is 28.4 Å². The quantitative estimate of drug-likeness (QED) is 0.572. The first kappa shape index (κ1) is 15.1. The molecular weight excluding hydrogens is 276 g/mol. The predicted octanol–water partition coefficient (Wildman–Crippen LogP) is 2.60. The molecule has 1 aromatic rings. The Bertz CT molecular complexity index is 485. The van der Waals surface area contributed by atoms with Crippen molar-refractivity contribution in [2.75, 3.05) is 20.0 Å². The molecule has 0 aliphatic heterocycles. The number of rotatable bonds is 7. The minimum absolute atomic E-state index is 0.00697. The minimum Gasteiger partial charge on any atom is -0.497 e. The average Bonchev–Trinajstić information content (AvgIpc) is 2.33. The molecule has 0 unspecified atom stereocenters. The van der Waals surface area contributed by atoms with Crippen LogP contribution in [0.4, 0.5) is 0 Å². The van der Waals surface area contributed by atoms with Crippen LogP contribution in [0.5, 0.6) is 11.5 Å². The summed E-state index contributed by atoms with van der Waals surface area (Å²) in [5.74, 6) is 1.49. The fraction of sp³-hybridized carbons (Fsp3) is 0.500. The minimum atomic E-state index is -3.38. The smallest absolute Gasteiger partial charge is 0.232 e. The molecule has 0 bridgehead atoms. The third-order valence-electron chi connectivity index (χ3n) is 2.58. The van der Waals surface area contributed by atoms with Crippen LogP contribution in [0.1, 0.15) is 18.4 Å². The highest BCUT2D eigenvalue weighted by atomic mass is 35.7. The van der Waals surface area contributed by atoms with Crippen LogP contribution in [0, 0.1) is 0 Å². The van der Waals surface area contributed by atoms with Crippen LogP contribution in [0.25, 0.3) is 0 Å². The standard InChI is InChI=1S/C12H17ClO4S/c1-16-11-7-6-10(12(9-11)17-2)5-3-4-8-18(13,14)15/h6-7,9H,3-5,8H2,1-2H3. The van der Waals surface area contributed by atoms with Gasteiger partial charge in [0.15, 0.2) is 0 Å². The molecule has 18 heavy (non-hydrogen) atoms. The highest BCUT2D eigenvalue weighted by Gasteiger charge is 2.07. The van der Waals surface area contributed by atoms with E-state index in [0.29, 0.717) is 6.42 Å². The molecule has 1 aromatic carbocycles. The summed E-state index contributed by atoms with van der Waals surface area (Å²) in [6, 6.07) is 5.59. The number of hydrogen-bond donors (Lipinski definition) is 0. The van der Waals surface area contributed by atoms with Gasteiger partial charge in [-0.15, -0.1) is 0 Å². The molecule has 0 aliphatic carbocycles. The zero-order valence-corrected chi connectivity index (χ0v) is 12.1. The van der Waals surface area contributed by atoms with E-state index in [2.05, 4.69) is 0 Å². The monoisotopic (exact) mass is 292 g/mol. The van der Waals surface area contributed by atoms with Crippen LogP contribution in [0.2, 0.25) is 0 Å². The van der Waals surface area contributed by atoms with E-state index < -0.39 is 9.05 Å². The van der Waals surface area contributed by atoms with Gasteiger partial charge in [0.25, 0.3) is 0 Å². The normalized spacial score (nSPS) is 11.3. The lowest BCUT2D eigenvalue weighted by Crippen LogP contribution is -1.99. The Balaban J connectivity index is 2.56. The third-order valence-corrected chi connectivity index (χ3v) is 3.82. The van der Waals surface area contributed by atoms with E-state index in [1.165, 1.54) is 0 Å². The summed E-state index contributed by atoms with van der Waals surface area (Å²) in [5.41, 5.74) is 1.03. The SMILES string of the molecule is COc1ccc(CCCCS(=O)(=O)Cl)c(OC)c1. The maximum atomic E-state index is 10.8. The number of aryl methyl sites for hydroxylation is 1. The highest BCUT2D eigenvalue weighted by molar-refractivity contribution is 8.13. The van der Waals surface area contributed by atoms with Crippen LogP contribution in [0.15, 0.2) is 18.2 Å². The van der Waals surface area contributed by atoms with Crippen molar-refractivity contribution in [3.05, 3.63) is 23.8 Å². The number of halogens is 1. The van der Waals surface area contributed by atoms with Gasteiger partial charge in [0, 0.05) is 16.7 Å². The summed E-state index contributed by atoms with van der Waals surface area (Å²) in [6.45, 7) is 0. The zero-order chi connectivity index (χ0) is 13.6. The van der Waals surface area contributed by atoms with Gasteiger partial charge in [0.05, 0.1) is 20.0 Å². The lowest BCUT2D eigenvalue weighted by Gasteiger charge is -2.10. The maximum absolute atomic E-state index is 10.8. The zero-order valence-electron chi connectivity index (χ0n) is 10.5. The van der Waals surface area contributed by atoms with Crippen molar-refractivity contribution in [1.82, 2.24) is 0 Å². The summed E-state index contributed by atoms with van der Waals surface area (Å²) < 4.78 is 31.9. The number of unbranched alkanes of at least 4 members (excludes halogenated alkanes) is 1. The fourth-order valence-corrected chi connectivity index (χ4v) is 2.52. The second kappa shape index (κ2) is 6.85. The van der Waals surface area contributed by atoms with Gasteiger partial charge in [-0.3, -0.25) is 0 Å². The first-order valence-corrected chi connectivity index (χ1v) is 8.07. The molecule has 0 aliphatic rings. The van der Waals surface area contributed by atoms with Gasteiger partial charge in [-0.2, -0.15) is 0 Å². The molecule has 0 amide bonds. The van der Waals surface area contributed by atoms with Crippen LogP contribution >= 0.6 is 10.7 Å². The number of methoxy groups -OCH3 is 2. The van der Waals surface area contributed by atoms with Gasteiger partial charge in [0.2, 0.25) is 9.05 Å². The van der Waals surface area contributed by atoms with E-state index in [9.17, 15) is 8.42 Å². The van der Waals surface area contributed by atoms with E-state index in [0.717, 1.165) is 29.9 Å². The average molecular weight is 293 g/mol. The molecule has 0 fully saturated rings. The molecule has 0 N–H and O–H groups in total. The van der Waals surface area contributed by atoms with Crippen molar-refractivity contribution in [3.63, 3.8) is 0 Å². The predicted molar refractivity (Wildman–Crippen MR) is 72.1 cm³/mol. The lowest BCUT2D eigenvalue weighted by molar-refractivity contribution is 0.390. The van der Waals surface area contributed by atoms with E-state index in [1.54, 1.807) is 14.2 Å². The Labute approximate surface area is 112 Å². The maximum Gasteiger partial charge on any atom is 0.232 e. The van der Waals surface area contributed by atoms with Crippen molar-refractivity contribution in [3.8, 4) is 11.5 Å². The molecule has 6 heteroatoms. The summed E-state index contributed by atoms with van der Waals surface area (Å²) in [5, 5.41) is 0. The van der Waals surface area contributed by atoms with Crippen molar-refractivity contribution < 1.29 is 17.9 Å². The fourth-order valence-electron chi connectivity index (χ4n) is 1.65. The Morgan fingerprint density at radius 2 is 1.89 bits per heavy atom. The Morgan fingerprint density at radius 1 is 1.17 bits per heavy atom. The topological polar surface area (TPSA) is 52.6 Å². The molecule has 0 radical (unpaired) electrons. The number of ether oxygens (including phenoxy) is 2. The second-order valence-electron chi connectivity index (χ2n) is 3.88. The van der Waals surface area contributed by atoms with Crippen LogP contribution < -0.4 is 9.47 Å². The Kier molecular flexibility index (Phi) is 5.75. The Morgan fingerprint density at radius 3 is 2.44 bits per heavy atom. The van der Waals surface area contributed by atoms with Gasteiger partial charge in [-0.05, 0) is 30.9 Å². The third kappa shape index (κ3) is 5.14. The lowest BCUT2D eigenvalue weighted by atomic mass is 10.1. The molecule has 0 aromatic heterocycles. The number of hydrogen-bond acceptors (Lipinski definition) is 4. The number of benzene rings is 1. The first-order chi connectivity index (χ1) is 8.46. The first-order valence-electron chi connectivity index (χ1n) is 5.59. The van der Waals surface area contributed by atoms with Gasteiger partial charge in [0.1, 0.15) is 11.5 Å². The van der Waals surface area contributed by atoms with E-state index in [-0.39, 0.29) is 5.75 Å². The van der Waals surface area contributed by atoms with E-state index in [4.69, 9.17) is 20.2 Å². The van der Waals surface area contributed by atoms with E-state index in [1.807, 2.05) is 18.2 Å². The molecule has 1 rings (SSSR count). The van der Waals surface area contributed by atoms with Crippen LogP contribution in [-0.2, 0) is 15.5 Å². The largest absolute Gasteiger partial charge is 0.497 e. The van der Waals surface area contributed by atoms with Crippen molar-refractivity contribution in [1.29, 1.82) is 0 Å². The van der Waals surface area contributed by atoms with Crippen molar-refractivity contribution >= 4 is 19.7 Å². The van der Waals surface area contributed by atoms with Crippen molar-refractivity contribution in [2.24, 2.45) is 0 Å². The molecule has 102 valence electrons. The van der Waals surface area contributed by atoms with E-state index >= 15 is 0 Å². The molecule has 0 atom stereocenters. The second-order valence-corrected chi connectivity index (χ2v) is 6.77. The molecular formula is C12H17ClO4S. The van der Waals surface area contributed by atoms with Gasteiger partial charge >= 0.3 is 0 Å². The van der Waals surface area contributed by atoms with Gasteiger partial charge in [-0.1, -0.05) is 6.07 Å². The molecule has 0 saturated heterocycles.